The van der Waals surface area contributed by atoms with E-state index in [1.54, 1.807) is 23.5 Å². The molecular formula is C27H27N5SV. The van der Waals surface area contributed by atoms with Crippen LogP contribution in [-0.4, -0.2) is 15.4 Å². The molecule has 0 aliphatic carbocycles. The fourth-order valence-corrected chi connectivity index (χ4v) is 5.28. The second-order valence-electron chi connectivity index (χ2n) is 7.20. The summed E-state index contributed by atoms with van der Waals surface area (Å²) in [6.45, 7) is 8.39. The number of amidine groups is 1. The van der Waals surface area contributed by atoms with Gasteiger partial charge >= 0.3 is 0 Å². The summed E-state index contributed by atoms with van der Waals surface area (Å²) in [6, 6.07) is 16.9. The number of hydrogen-bond acceptors (Lipinski definition) is 4. The summed E-state index contributed by atoms with van der Waals surface area (Å²) in [7, 11) is 0. The zero-order valence-corrected chi connectivity index (χ0v) is 21.5. The SMILES string of the molecule is C=C/C=C(\C=C/Cn1c2ccccc2c2c3sc4ccccc4c3ncc21)C(/N)=N/N.CC.[V]. The van der Waals surface area contributed by atoms with Crippen molar-refractivity contribution in [2.24, 2.45) is 16.7 Å². The Balaban J connectivity index is 0.00000105. The van der Waals surface area contributed by atoms with E-state index in [9.17, 15) is 0 Å². The van der Waals surface area contributed by atoms with Gasteiger partial charge in [0.05, 0.1) is 21.9 Å². The molecule has 34 heavy (non-hydrogen) atoms. The minimum atomic E-state index is 0. The Morgan fingerprint density at radius 2 is 1.79 bits per heavy atom. The first-order valence-electron chi connectivity index (χ1n) is 10.9. The van der Waals surface area contributed by atoms with Crippen LogP contribution < -0.4 is 11.6 Å². The predicted molar refractivity (Wildman–Crippen MR) is 145 cm³/mol. The Kier molecular flexibility index (Phi) is 8.34. The van der Waals surface area contributed by atoms with Crippen LogP contribution in [0.2, 0.25) is 0 Å². The van der Waals surface area contributed by atoms with E-state index < -0.39 is 0 Å². The van der Waals surface area contributed by atoms with Crippen molar-refractivity contribution in [2.75, 3.05) is 0 Å². The van der Waals surface area contributed by atoms with Crippen LogP contribution in [0.15, 0.2) is 96.3 Å². The van der Waals surface area contributed by atoms with Gasteiger partial charge in [0, 0.05) is 57.0 Å². The van der Waals surface area contributed by atoms with Crippen molar-refractivity contribution in [3.63, 3.8) is 0 Å². The van der Waals surface area contributed by atoms with Crippen molar-refractivity contribution < 1.29 is 18.6 Å². The van der Waals surface area contributed by atoms with E-state index in [0.717, 1.165) is 16.6 Å². The van der Waals surface area contributed by atoms with Gasteiger partial charge in [0.15, 0.2) is 0 Å². The Hall–Kier alpha value is -3.32. The topological polar surface area (TPSA) is 82.2 Å². The Bertz CT molecular complexity index is 1560. The van der Waals surface area contributed by atoms with Crippen molar-refractivity contribution >= 4 is 59.3 Å². The summed E-state index contributed by atoms with van der Waals surface area (Å²) in [5.74, 6) is 5.62. The zero-order valence-electron chi connectivity index (χ0n) is 19.3. The van der Waals surface area contributed by atoms with Gasteiger partial charge in [-0.15, -0.1) is 11.3 Å². The summed E-state index contributed by atoms with van der Waals surface area (Å²) in [5, 5.41) is 7.28. The fourth-order valence-electron chi connectivity index (χ4n) is 4.06. The molecule has 0 saturated carbocycles. The third kappa shape index (κ3) is 4.40. The molecule has 5 aromatic rings. The van der Waals surface area contributed by atoms with Gasteiger partial charge < -0.3 is 16.1 Å². The van der Waals surface area contributed by atoms with Crippen molar-refractivity contribution in [2.45, 2.75) is 20.4 Å². The van der Waals surface area contributed by atoms with Crippen LogP contribution in [0.25, 0.3) is 42.1 Å². The minimum absolute atomic E-state index is 0. The van der Waals surface area contributed by atoms with Crippen molar-refractivity contribution in [3.05, 3.63) is 91.2 Å². The number of aromatic nitrogens is 2. The Morgan fingerprint density at radius 3 is 2.53 bits per heavy atom. The van der Waals surface area contributed by atoms with Crippen molar-refractivity contribution in [1.29, 1.82) is 0 Å². The van der Waals surface area contributed by atoms with Gasteiger partial charge in [0.2, 0.25) is 0 Å². The maximum Gasteiger partial charge on any atom is 0.150 e. The van der Waals surface area contributed by atoms with Gasteiger partial charge in [-0.2, -0.15) is 5.10 Å². The number of allylic oxidation sites excluding steroid dienone is 3. The molecule has 0 saturated heterocycles. The van der Waals surface area contributed by atoms with E-state index in [0.29, 0.717) is 6.54 Å². The first-order chi connectivity index (χ1) is 16.2. The first kappa shape index (κ1) is 25.3. The predicted octanol–water partition coefficient (Wildman–Crippen LogP) is 6.48. The number of rotatable bonds is 5. The van der Waals surface area contributed by atoms with Crippen LogP contribution in [0.1, 0.15) is 13.8 Å². The Morgan fingerprint density at radius 1 is 1.09 bits per heavy atom. The van der Waals surface area contributed by atoms with Gasteiger partial charge in [0.1, 0.15) is 5.84 Å². The number of fused-ring (bicyclic) bond motifs is 7. The molecule has 0 fully saturated rings. The molecule has 0 unspecified atom stereocenters. The van der Waals surface area contributed by atoms with E-state index in [1.807, 2.05) is 32.2 Å². The second kappa shape index (κ2) is 11.2. The molecule has 5 nitrogen and oxygen atoms in total. The third-order valence-corrected chi connectivity index (χ3v) is 6.62. The van der Waals surface area contributed by atoms with E-state index in [4.69, 9.17) is 16.6 Å². The molecule has 0 amide bonds. The summed E-state index contributed by atoms with van der Waals surface area (Å²) in [4.78, 5) is 4.85. The number of pyridine rings is 1. The first-order valence-corrected chi connectivity index (χ1v) is 11.7. The average Bonchev–Trinajstić information content (AvgIpc) is 3.40. The molecule has 0 atom stereocenters. The summed E-state index contributed by atoms with van der Waals surface area (Å²) in [5.41, 5.74) is 9.96. The quantitative estimate of drug-likeness (QED) is 0.0945. The van der Waals surface area contributed by atoms with Gasteiger partial charge in [-0.25, -0.2) is 0 Å². The molecule has 1 radical (unpaired) electrons. The van der Waals surface area contributed by atoms with Crippen LogP contribution in [-0.2, 0) is 25.1 Å². The second-order valence-corrected chi connectivity index (χ2v) is 8.25. The molecule has 0 aliphatic heterocycles. The molecule has 0 bridgehead atoms. The van der Waals surface area contributed by atoms with E-state index in [2.05, 4.69) is 64.8 Å². The fraction of sp³-hybridized carbons (Fsp3) is 0.111. The number of nitrogens with two attached hydrogens (primary N) is 2. The number of benzene rings is 2. The normalized spacial score (nSPS) is 12.3. The van der Waals surface area contributed by atoms with Gasteiger partial charge in [-0.1, -0.05) is 81.1 Å². The molecule has 171 valence electrons. The zero-order chi connectivity index (χ0) is 23.4. The van der Waals surface area contributed by atoms with Crippen LogP contribution in [0.3, 0.4) is 0 Å². The Labute approximate surface area is 215 Å². The number of hydrogen-bond donors (Lipinski definition) is 2. The smallest absolute Gasteiger partial charge is 0.150 e. The van der Waals surface area contributed by atoms with Gasteiger partial charge in [0.25, 0.3) is 0 Å². The maximum absolute atomic E-state index is 5.89. The van der Waals surface area contributed by atoms with Crippen molar-refractivity contribution in [1.82, 2.24) is 9.55 Å². The molecule has 0 spiro atoms. The minimum Gasteiger partial charge on any atom is -0.382 e. The summed E-state index contributed by atoms with van der Waals surface area (Å²) >= 11 is 1.80. The molecule has 4 N–H and O–H groups in total. The monoisotopic (exact) mass is 504 g/mol. The number of thiophene rings is 1. The number of para-hydroxylation sites is 1. The van der Waals surface area contributed by atoms with Crippen LogP contribution in [0.4, 0.5) is 0 Å². The van der Waals surface area contributed by atoms with Gasteiger partial charge in [-0.05, 0) is 12.1 Å². The third-order valence-electron chi connectivity index (χ3n) is 5.44. The van der Waals surface area contributed by atoms with Crippen LogP contribution in [0, 0.1) is 0 Å². The summed E-state index contributed by atoms with van der Waals surface area (Å²) < 4.78 is 4.76. The molecule has 3 aromatic heterocycles. The number of hydrazone groups is 1. The van der Waals surface area contributed by atoms with E-state index in [-0.39, 0.29) is 24.4 Å². The largest absolute Gasteiger partial charge is 0.382 e. The van der Waals surface area contributed by atoms with Crippen molar-refractivity contribution in [3.8, 4) is 0 Å². The molecule has 3 heterocycles. The number of nitrogens with zero attached hydrogens (tertiary/aromatic N) is 3. The van der Waals surface area contributed by atoms with Crippen LogP contribution >= 0.6 is 11.3 Å². The van der Waals surface area contributed by atoms with Crippen LogP contribution in [0.5, 0.6) is 0 Å². The van der Waals surface area contributed by atoms with Gasteiger partial charge in [-0.3, -0.25) is 4.98 Å². The average molecular weight is 505 g/mol. The standard InChI is InChI=1S/C25H21N5S.C2H6.V/c1-2-8-16(25(26)29-27)9-7-14-30-19-12-5-3-10-17(19)22-20(30)15-28-23-18-11-4-6-13-21(18)31-24(22)23;1-2;/h2-13,15H,1,14,27H2,(H2,26,29);1-2H3;/b9-7-,16-8+;;. The molecule has 7 heteroatoms. The molecule has 2 aromatic carbocycles. The molecular weight excluding hydrogens is 477 g/mol. The summed E-state index contributed by atoms with van der Waals surface area (Å²) in [6.07, 6.45) is 9.41. The van der Waals surface area contributed by atoms with E-state index in [1.165, 1.54) is 31.1 Å². The van der Waals surface area contributed by atoms with E-state index >= 15 is 0 Å². The molecule has 0 aliphatic rings. The molecule has 5 rings (SSSR count). The maximum atomic E-state index is 5.89.